The Labute approximate surface area is 97.4 Å². The predicted octanol–water partition coefficient (Wildman–Crippen LogP) is 2.35. The number of hydrogen-bond donors (Lipinski definition) is 1. The second kappa shape index (κ2) is 5.75. The van der Waals surface area contributed by atoms with Gasteiger partial charge in [0, 0.05) is 26.7 Å². The molecule has 1 saturated heterocycles. The molecule has 0 bridgehead atoms. The van der Waals surface area contributed by atoms with Crippen molar-refractivity contribution < 1.29 is 4.74 Å². The molecule has 2 rings (SSSR count). The van der Waals surface area contributed by atoms with Crippen molar-refractivity contribution in [3.8, 4) is 0 Å². The molecule has 0 spiro atoms. The molecule has 0 saturated carbocycles. The monoisotopic (exact) mass is 220 g/mol. The van der Waals surface area contributed by atoms with E-state index in [1.165, 1.54) is 37.3 Å². The summed E-state index contributed by atoms with van der Waals surface area (Å²) in [4.78, 5) is 2.45. The first-order chi connectivity index (χ1) is 7.92. The molecule has 3 heteroatoms. The molecular weight excluding hydrogens is 200 g/mol. The van der Waals surface area contributed by atoms with E-state index in [1.54, 1.807) is 7.11 Å². The van der Waals surface area contributed by atoms with E-state index in [2.05, 4.69) is 34.5 Å². The standard InChI is InChI=1S/C13H20N2O/c1-16-11-8-14-12-6-2-3-7-13(12)15-9-4-5-10-15/h2-3,6-7,14H,4-5,8-11H2,1H3. The van der Waals surface area contributed by atoms with Crippen molar-refractivity contribution in [2.24, 2.45) is 0 Å². The molecule has 0 atom stereocenters. The molecule has 0 unspecified atom stereocenters. The van der Waals surface area contributed by atoms with Gasteiger partial charge in [0.1, 0.15) is 0 Å². The van der Waals surface area contributed by atoms with E-state index in [9.17, 15) is 0 Å². The van der Waals surface area contributed by atoms with Crippen LogP contribution in [0.3, 0.4) is 0 Å². The molecule has 1 aromatic rings. The molecule has 16 heavy (non-hydrogen) atoms. The lowest BCUT2D eigenvalue weighted by molar-refractivity contribution is 0.211. The minimum Gasteiger partial charge on any atom is -0.383 e. The number of hydrogen-bond acceptors (Lipinski definition) is 3. The molecule has 0 aromatic heterocycles. The summed E-state index contributed by atoms with van der Waals surface area (Å²) in [5.74, 6) is 0. The zero-order valence-electron chi connectivity index (χ0n) is 9.91. The van der Waals surface area contributed by atoms with Crippen molar-refractivity contribution in [2.45, 2.75) is 12.8 Å². The fraction of sp³-hybridized carbons (Fsp3) is 0.538. The highest BCUT2D eigenvalue weighted by Gasteiger charge is 2.14. The van der Waals surface area contributed by atoms with E-state index in [-0.39, 0.29) is 0 Å². The normalized spacial score (nSPS) is 15.4. The Balaban J connectivity index is 2.04. The predicted molar refractivity (Wildman–Crippen MR) is 68.3 cm³/mol. The van der Waals surface area contributed by atoms with Gasteiger partial charge >= 0.3 is 0 Å². The van der Waals surface area contributed by atoms with Gasteiger partial charge in [0.2, 0.25) is 0 Å². The van der Waals surface area contributed by atoms with Gasteiger partial charge in [-0.15, -0.1) is 0 Å². The first-order valence-electron chi connectivity index (χ1n) is 5.98. The summed E-state index contributed by atoms with van der Waals surface area (Å²) in [5.41, 5.74) is 2.55. The largest absolute Gasteiger partial charge is 0.383 e. The van der Waals surface area contributed by atoms with Gasteiger partial charge < -0.3 is 15.0 Å². The SMILES string of the molecule is COCCNc1ccccc1N1CCCC1. The molecular formula is C13H20N2O. The molecule has 3 nitrogen and oxygen atoms in total. The number of rotatable bonds is 5. The van der Waals surface area contributed by atoms with Crippen LogP contribution in [0.5, 0.6) is 0 Å². The van der Waals surface area contributed by atoms with Gasteiger partial charge in [0.05, 0.1) is 18.0 Å². The van der Waals surface area contributed by atoms with Crippen LogP contribution in [0.4, 0.5) is 11.4 Å². The summed E-state index contributed by atoms with van der Waals surface area (Å²) in [5, 5.41) is 3.42. The second-order valence-corrected chi connectivity index (χ2v) is 4.13. The lowest BCUT2D eigenvalue weighted by atomic mass is 10.2. The van der Waals surface area contributed by atoms with Crippen LogP contribution in [-0.4, -0.2) is 33.4 Å². The lowest BCUT2D eigenvalue weighted by Crippen LogP contribution is -2.20. The molecule has 1 fully saturated rings. The van der Waals surface area contributed by atoms with Gasteiger partial charge in [-0.2, -0.15) is 0 Å². The van der Waals surface area contributed by atoms with Crippen molar-refractivity contribution in [1.29, 1.82) is 0 Å². The van der Waals surface area contributed by atoms with Gasteiger partial charge in [0.15, 0.2) is 0 Å². The molecule has 1 aliphatic heterocycles. The number of nitrogens with one attached hydrogen (secondary N) is 1. The third kappa shape index (κ3) is 2.67. The number of nitrogens with zero attached hydrogens (tertiary/aromatic N) is 1. The van der Waals surface area contributed by atoms with Crippen molar-refractivity contribution in [1.82, 2.24) is 0 Å². The van der Waals surface area contributed by atoms with Crippen LogP contribution >= 0.6 is 0 Å². The average Bonchev–Trinajstić information content (AvgIpc) is 2.83. The molecule has 1 heterocycles. The van der Waals surface area contributed by atoms with Crippen molar-refractivity contribution in [2.75, 3.05) is 43.6 Å². The first-order valence-corrected chi connectivity index (χ1v) is 5.98. The maximum absolute atomic E-state index is 5.05. The van der Waals surface area contributed by atoms with E-state index in [4.69, 9.17) is 4.74 Å². The molecule has 1 N–H and O–H groups in total. The number of para-hydroxylation sites is 2. The maximum Gasteiger partial charge on any atom is 0.0635 e. The van der Waals surface area contributed by atoms with Crippen molar-refractivity contribution in [3.05, 3.63) is 24.3 Å². The Hall–Kier alpha value is -1.22. The third-order valence-corrected chi connectivity index (χ3v) is 2.97. The third-order valence-electron chi connectivity index (χ3n) is 2.97. The Morgan fingerprint density at radius 2 is 2.00 bits per heavy atom. The van der Waals surface area contributed by atoms with Crippen LogP contribution < -0.4 is 10.2 Å². The van der Waals surface area contributed by atoms with Gasteiger partial charge in [-0.3, -0.25) is 0 Å². The zero-order chi connectivity index (χ0) is 11.2. The molecule has 0 amide bonds. The highest BCUT2D eigenvalue weighted by Crippen LogP contribution is 2.28. The van der Waals surface area contributed by atoms with Gasteiger partial charge in [-0.25, -0.2) is 0 Å². The molecule has 1 aromatic carbocycles. The summed E-state index contributed by atoms with van der Waals surface area (Å²) >= 11 is 0. The second-order valence-electron chi connectivity index (χ2n) is 4.13. The van der Waals surface area contributed by atoms with E-state index < -0.39 is 0 Å². The van der Waals surface area contributed by atoms with Crippen LogP contribution in [0, 0.1) is 0 Å². The minimum atomic E-state index is 0.744. The van der Waals surface area contributed by atoms with E-state index >= 15 is 0 Å². The fourth-order valence-electron chi connectivity index (χ4n) is 2.14. The van der Waals surface area contributed by atoms with Crippen molar-refractivity contribution in [3.63, 3.8) is 0 Å². The first kappa shape index (κ1) is 11.3. The Bertz CT molecular complexity index is 321. The summed E-state index contributed by atoms with van der Waals surface area (Å²) in [6.07, 6.45) is 2.62. The van der Waals surface area contributed by atoms with Gasteiger partial charge in [0.25, 0.3) is 0 Å². The molecule has 88 valence electrons. The Kier molecular flexibility index (Phi) is 4.05. The summed E-state index contributed by atoms with van der Waals surface area (Å²) in [6.45, 7) is 3.97. The van der Waals surface area contributed by atoms with Crippen LogP contribution in [-0.2, 0) is 4.74 Å². The quantitative estimate of drug-likeness (QED) is 0.771. The number of methoxy groups -OCH3 is 1. The van der Waals surface area contributed by atoms with Crippen LogP contribution in [0.15, 0.2) is 24.3 Å². The summed E-state index contributed by atoms with van der Waals surface area (Å²) in [7, 11) is 1.73. The Morgan fingerprint density at radius 1 is 1.25 bits per heavy atom. The molecule has 0 radical (unpaired) electrons. The van der Waals surface area contributed by atoms with E-state index in [0.717, 1.165) is 13.2 Å². The summed E-state index contributed by atoms with van der Waals surface area (Å²) < 4.78 is 5.05. The van der Waals surface area contributed by atoms with E-state index in [0.29, 0.717) is 0 Å². The van der Waals surface area contributed by atoms with Crippen molar-refractivity contribution >= 4 is 11.4 Å². The number of benzene rings is 1. The smallest absolute Gasteiger partial charge is 0.0635 e. The summed E-state index contributed by atoms with van der Waals surface area (Å²) in [6, 6.07) is 8.52. The minimum absolute atomic E-state index is 0.744. The van der Waals surface area contributed by atoms with Crippen LogP contribution in [0.1, 0.15) is 12.8 Å². The highest BCUT2D eigenvalue weighted by atomic mass is 16.5. The average molecular weight is 220 g/mol. The van der Waals surface area contributed by atoms with Gasteiger partial charge in [-0.1, -0.05) is 12.1 Å². The van der Waals surface area contributed by atoms with Crippen LogP contribution in [0.25, 0.3) is 0 Å². The zero-order valence-corrected chi connectivity index (χ0v) is 9.91. The maximum atomic E-state index is 5.05. The topological polar surface area (TPSA) is 24.5 Å². The van der Waals surface area contributed by atoms with Gasteiger partial charge in [-0.05, 0) is 25.0 Å². The Morgan fingerprint density at radius 3 is 2.75 bits per heavy atom. The van der Waals surface area contributed by atoms with E-state index in [1.807, 2.05) is 0 Å². The molecule has 0 aliphatic carbocycles. The lowest BCUT2D eigenvalue weighted by Gasteiger charge is -2.21. The number of ether oxygens (including phenoxy) is 1. The van der Waals surface area contributed by atoms with Crippen LogP contribution in [0.2, 0.25) is 0 Å². The molecule has 1 aliphatic rings. The number of anilines is 2. The fourth-order valence-corrected chi connectivity index (χ4v) is 2.14. The highest BCUT2D eigenvalue weighted by molar-refractivity contribution is 5.70.